The molecule has 3 aromatic rings. The summed E-state index contributed by atoms with van der Waals surface area (Å²) in [6.07, 6.45) is -4.55. The standard InChI is InChI=1S/C21H18F3N5O3/c1-12-9-17(30)18(28-29(12)16-4-2-3-14(10-16)21(22,23)24)19(31)26-11-13-5-7-15(8-6-13)27-20(25)32/h2-10H,11H2,1H3,(H,26,31)(H3,25,27,32). The van der Waals surface area contributed by atoms with Gasteiger partial charge in [0, 0.05) is 24.0 Å². The first kappa shape index (κ1) is 22.5. The van der Waals surface area contributed by atoms with Crippen LogP contribution in [0, 0.1) is 6.92 Å². The minimum absolute atomic E-state index is 0.0498. The van der Waals surface area contributed by atoms with Gasteiger partial charge in [0.15, 0.2) is 5.69 Å². The van der Waals surface area contributed by atoms with Crippen molar-refractivity contribution in [1.29, 1.82) is 0 Å². The van der Waals surface area contributed by atoms with E-state index in [1.165, 1.54) is 19.1 Å². The lowest BCUT2D eigenvalue weighted by Crippen LogP contribution is -2.31. The maximum Gasteiger partial charge on any atom is 0.416 e. The van der Waals surface area contributed by atoms with E-state index in [9.17, 15) is 27.6 Å². The molecule has 1 heterocycles. The quantitative estimate of drug-likeness (QED) is 0.559. The van der Waals surface area contributed by atoms with Crippen molar-refractivity contribution in [3.63, 3.8) is 0 Å². The Morgan fingerprint density at radius 3 is 2.41 bits per heavy atom. The lowest BCUT2D eigenvalue weighted by molar-refractivity contribution is -0.137. The highest BCUT2D eigenvalue weighted by molar-refractivity contribution is 5.92. The number of nitrogens with zero attached hydrogens (tertiary/aromatic N) is 2. The Labute approximate surface area is 179 Å². The Bertz CT molecular complexity index is 1220. The molecule has 0 bridgehead atoms. The Kier molecular flexibility index (Phi) is 6.28. The van der Waals surface area contributed by atoms with Gasteiger partial charge >= 0.3 is 12.2 Å². The summed E-state index contributed by atoms with van der Waals surface area (Å²) in [6.45, 7) is 1.55. The van der Waals surface area contributed by atoms with Crippen LogP contribution in [0.3, 0.4) is 0 Å². The molecule has 3 amide bonds. The highest BCUT2D eigenvalue weighted by Crippen LogP contribution is 2.30. The van der Waals surface area contributed by atoms with Gasteiger partial charge in [-0.15, -0.1) is 0 Å². The molecule has 0 unspecified atom stereocenters. The predicted molar refractivity (Wildman–Crippen MR) is 110 cm³/mol. The van der Waals surface area contributed by atoms with Gasteiger partial charge in [0.2, 0.25) is 5.43 Å². The number of nitrogens with two attached hydrogens (primary N) is 1. The molecule has 8 nitrogen and oxygen atoms in total. The molecule has 2 aromatic carbocycles. The Hall–Kier alpha value is -4.15. The van der Waals surface area contributed by atoms with Gasteiger partial charge < -0.3 is 16.4 Å². The Morgan fingerprint density at radius 1 is 1.09 bits per heavy atom. The minimum atomic E-state index is -4.55. The predicted octanol–water partition coefficient (Wildman–Crippen LogP) is 2.98. The maximum atomic E-state index is 13.0. The molecule has 0 aliphatic rings. The van der Waals surface area contributed by atoms with Crippen molar-refractivity contribution in [2.75, 3.05) is 5.32 Å². The molecule has 0 atom stereocenters. The number of anilines is 1. The summed E-state index contributed by atoms with van der Waals surface area (Å²) in [5.41, 5.74) is 4.49. The molecule has 11 heteroatoms. The zero-order valence-electron chi connectivity index (χ0n) is 16.7. The van der Waals surface area contributed by atoms with Crippen molar-refractivity contribution in [1.82, 2.24) is 15.1 Å². The van der Waals surface area contributed by atoms with Gasteiger partial charge in [-0.2, -0.15) is 18.3 Å². The number of urea groups is 1. The molecule has 1 aromatic heterocycles. The summed E-state index contributed by atoms with van der Waals surface area (Å²) in [5.74, 6) is -0.782. The molecule has 0 fully saturated rings. The lowest BCUT2D eigenvalue weighted by Gasteiger charge is -2.13. The van der Waals surface area contributed by atoms with Crippen LogP contribution in [-0.4, -0.2) is 21.7 Å². The van der Waals surface area contributed by atoms with Crippen molar-refractivity contribution >= 4 is 17.6 Å². The summed E-state index contributed by atoms with van der Waals surface area (Å²) >= 11 is 0. The van der Waals surface area contributed by atoms with Gasteiger partial charge in [0.1, 0.15) is 0 Å². The second kappa shape index (κ2) is 8.92. The topological polar surface area (TPSA) is 119 Å². The highest BCUT2D eigenvalue weighted by Gasteiger charge is 2.30. The smallest absolute Gasteiger partial charge is 0.351 e. The zero-order valence-corrected chi connectivity index (χ0v) is 16.7. The summed E-state index contributed by atoms with van der Waals surface area (Å²) in [6, 6.07) is 11.3. The molecule has 0 spiro atoms. The molecule has 0 saturated carbocycles. The van der Waals surface area contributed by atoms with E-state index >= 15 is 0 Å². The number of nitrogens with one attached hydrogen (secondary N) is 2. The number of primary amides is 1. The summed E-state index contributed by atoms with van der Waals surface area (Å²) in [4.78, 5) is 35.7. The fourth-order valence-electron chi connectivity index (χ4n) is 2.89. The van der Waals surface area contributed by atoms with E-state index in [4.69, 9.17) is 5.73 Å². The van der Waals surface area contributed by atoms with Crippen LogP contribution in [-0.2, 0) is 12.7 Å². The molecule has 0 aliphatic heterocycles. The van der Waals surface area contributed by atoms with Crippen molar-refractivity contribution in [2.24, 2.45) is 5.73 Å². The first-order chi connectivity index (χ1) is 15.0. The first-order valence-corrected chi connectivity index (χ1v) is 9.27. The largest absolute Gasteiger partial charge is 0.416 e. The molecule has 3 rings (SSSR count). The summed E-state index contributed by atoms with van der Waals surface area (Å²) < 4.78 is 40.2. The number of aromatic nitrogens is 2. The number of alkyl halides is 3. The lowest BCUT2D eigenvalue weighted by atomic mass is 10.2. The molecular formula is C21H18F3N5O3. The number of hydrogen-bond acceptors (Lipinski definition) is 4. The van der Waals surface area contributed by atoms with Gasteiger partial charge in [-0.1, -0.05) is 18.2 Å². The van der Waals surface area contributed by atoms with Crippen LogP contribution < -0.4 is 21.8 Å². The van der Waals surface area contributed by atoms with Crippen LogP contribution in [0.25, 0.3) is 5.69 Å². The second-order valence-electron chi connectivity index (χ2n) is 6.83. The monoisotopic (exact) mass is 445 g/mol. The summed E-state index contributed by atoms with van der Waals surface area (Å²) in [5, 5.41) is 8.93. The average Bonchev–Trinajstić information content (AvgIpc) is 2.72. The molecule has 32 heavy (non-hydrogen) atoms. The highest BCUT2D eigenvalue weighted by atomic mass is 19.4. The van der Waals surface area contributed by atoms with Crippen LogP contribution in [0.15, 0.2) is 59.4 Å². The van der Waals surface area contributed by atoms with E-state index in [0.29, 0.717) is 11.3 Å². The Balaban J connectivity index is 1.82. The number of rotatable bonds is 5. The zero-order chi connectivity index (χ0) is 23.5. The molecule has 0 saturated heterocycles. The van der Waals surface area contributed by atoms with Crippen molar-refractivity contribution in [3.05, 3.63) is 87.3 Å². The fraction of sp³-hybridized carbons (Fsp3) is 0.143. The van der Waals surface area contributed by atoms with Crippen LogP contribution in [0.1, 0.15) is 27.3 Å². The van der Waals surface area contributed by atoms with Crippen LogP contribution >= 0.6 is 0 Å². The third-order valence-electron chi connectivity index (χ3n) is 4.42. The van der Waals surface area contributed by atoms with Gasteiger partial charge in [-0.3, -0.25) is 9.59 Å². The van der Waals surface area contributed by atoms with E-state index in [0.717, 1.165) is 22.9 Å². The van der Waals surface area contributed by atoms with E-state index in [-0.39, 0.29) is 17.9 Å². The third-order valence-corrected chi connectivity index (χ3v) is 4.42. The number of aryl methyl sites for hydroxylation is 1. The fourth-order valence-corrected chi connectivity index (χ4v) is 2.89. The molecule has 0 aliphatic carbocycles. The Morgan fingerprint density at radius 2 is 1.78 bits per heavy atom. The SMILES string of the molecule is Cc1cc(=O)c(C(=O)NCc2ccc(NC(N)=O)cc2)nn1-c1cccc(C(F)(F)F)c1. The van der Waals surface area contributed by atoms with E-state index < -0.39 is 34.8 Å². The van der Waals surface area contributed by atoms with E-state index in [1.54, 1.807) is 24.3 Å². The van der Waals surface area contributed by atoms with Crippen molar-refractivity contribution in [3.8, 4) is 5.69 Å². The number of carbonyl (C=O) groups excluding carboxylic acids is 2. The third kappa shape index (κ3) is 5.31. The van der Waals surface area contributed by atoms with E-state index in [1.807, 2.05) is 0 Å². The van der Waals surface area contributed by atoms with Gasteiger partial charge in [-0.25, -0.2) is 9.48 Å². The number of carbonyl (C=O) groups is 2. The number of benzene rings is 2. The van der Waals surface area contributed by atoms with Crippen LogP contribution in [0.2, 0.25) is 0 Å². The second-order valence-corrected chi connectivity index (χ2v) is 6.83. The number of hydrogen-bond donors (Lipinski definition) is 3. The van der Waals surface area contributed by atoms with Crippen LogP contribution in [0.4, 0.5) is 23.7 Å². The van der Waals surface area contributed by atoms with Gasteiger partial charge in [0.25, 0.3) is 5.91 Å². The first-order valence-electron chi connectivity index (χ1n) is 9.27. The maximum absolute atomic E-state index is 13.0. The summed E-state index contributed by atoms with van der Waals surface area (Å²) in [7, 11) is 0. The molecule has 0 radical (unpaired) electrons. The number of amides is 3. The van der Waals surface area contributed by atoms with Crippen molar-refractivity contribution < 1.29 is 22.8 Å². The normalized spacial score (nSPS) is 11.1. The van der Waals surface area contributed by atoms with Gasteiger partial charge in [-0.05, 0) is 42.8 Å². The van der Waals surface area contributed by atoms with E-state index in [2.05, 4.69) is 15.7 Å². The molecule has 166 valence electrons. The molecular weight excluding hydrogens is 427 g/mol. The average molecular weight is 445 g/mol. The van der Waals surface area contributed by atoms with Crippen molar-refractivity contribution in [2.45, 2.75) is 19.6 Å². The van der Waals surface area contributed by atoms with Gasteiger partial charge in [0.05, 0.1) is 11.3 Å². The van der Waals surface area contributed by atoms with Crippen LogP contribution in [0.5, 0.6) is 0 Å². The number of halogens is 3. The minimum Gasteiger partial charge on any atom is -0.351 e. The molecule has 4 N–H and O–H groups in total.